The molecule has 1 amide bonds. The Kier molecular flexibility index (Phi) is 5.87. The quantitative estimate of drug-likeness (QED) is 0.645. The number of hydrogen-bond donors (Lipinski definition) is 1. The zero-order valence-electron chi connectivity index (χ0n) is 17.7. The lowest BCUT2D eigenvalue weighted by Gasteiger charge is -2.17. The van der Waals surface area contributed by atoms with Crippen LogP contribution in [-0.2, 0) is 30.7 Å². The summed E-state index contributed by atoms with van der Waals surface area (Å²) in [5.41, 5.74) is 2.51. The van der Waals surface area contributed by atoms with Crippen LogP contribution in [0.4, 0.5) is 0 Å². The van der Waals surface area contributed by atoms with E-state index in [1.807, 2.05) is 6.07 Å². The molecule has 31 heavy (non-hydrogen) atoms. The van der Waals surface area contributed by atoms with Gasteiger partial charge in [0.2, 0.25) is 5.91 Å². The number of nitrogens with zero attached hydrogens (tertiary/aromatic N) is 3. The molecule has 2 aliphatic rings. The number of fused-ring (bicyclic) bond motifs is 3. The van der Waals surface area contributed by atoms with Gasteiger partial charge in [-0.15, -0.1) is 11.3 Å². The largest absolute Gasteiger partial charge is 0.352 e. The van der Waals surface area contributed by atoms with Crippen LogP contribution in [0.2, 0.25) is 0 Å². The summed E-state index contributed by atoms with van der Waals surface area (Å²) in [6, 6.07) is 10.6. The highest BCUT2D eigenvalue weighted by Gasteiger charge is 2.24. The highest BCUT2D eigenvalue weighted by atomic mass is 32.1. The maximum absolute atomic E-state index is 13.0. The number of likely N-dealkylation sites (tertiary alicyclic amines) is 1. The molecule has 1 N–H and O–H groups in total. The minimum atomic E-state index is 0.00547. The van der Waals surface area contributed by atoms with Crippen LogP contribution in [0.25, 0.3) is 10.2 Å². The van der Waals surface area contributed by atoms with Crippen molar-refractivity contribution in [2.45, 2.75) is 57.7 Å². The Bertz CT molecular complexity index is 1140. The first-order valence-corrected chi connectivity index (χ1v) is 12.0. The van der Waals surface area contributed by atoms with Crippen molar-refractivity contribution in [3.8, 4) is 0 Å². The molecule has 2 aromatic heterocycles. The third-order valence-electron chi connectivity index (χ3n) is 6.41. The lowest BCUT2D eigenvalue weighted by Crippen LogP contribution is -2.37. The van der Waals surface area contributed by atoms with Gasteiger partial charge in [0.15, 0.2) is 0 Å². The fourth-order valence-corrected chi connectivity index (χ4v) is 6.02. The second-order valence-electron chi connectivity index (χ2n) is 8.66. The molecule has 0 bridgehead atoms. The van der Waals surface area contributed by atoms with E-state index in [4.69, 9.17) is 0 Å². The number of rotatable bonds is 6. The second-order valence-corrected chi connectivity index (χ2v) is 9.74. The maximum atomic E-state index is 13.0. The molecule has 6 nitrogen and oxygen atoms in total. The molecule has 3 heterocycles. The van der Waals surface area contributed by atoms with Crippen LogP contribution in [0, 0.1) is 0 Å². The van der Waals surface area contributed by atoms with Crippen molar-refractivity contribution < 1.29 is 4.79 Å². The first-order valence-electron chi connectivity index (χ1n) is 11.2. The van der Waals surface area contributed by atoms with Crippen molar-refractivity contribution in [2.75, 3.05) is 13.1 Å². The number of benzene rings is 1. The molecule has 1 unspecified atom stereocenters. The van der Waals surface area contributed by atoms with Gasteiger partial charge in [0.05, 0.1) is 11.7 Å². The predicted octanol–water partition coefficient (Wildman–Crippen LogP) is 3.12. The first kappa shape index (κ1) is 20.4. The minimum Gasteiger partial charge on any atom is -0.352 e. The number of nitrogens with one attached hydrogen (secondary N) is 1. The molecule has 3 aromatic rings. The maximum Gasteiger partial charge on any atom is 0.262 e. The van der Waals surface area contributed by atoms with E-state index in [2.05, 4.69) is 39.5 Å². The lowest BCUT2D eigenvalue weighted by molar-refractivity contribution is -0.121. The number of thiophene rings is 1. The molecule has 1 aliphatic heterocycles. The van der Waals surface area contributed by atoms with Gasteiger partial charge in [-0.1, -0.05) is 30.3 Å². The summed E-state index contributed by atoms with van der Waals surface area (Å²) in [4.78, 5) is 34.6. The Morgan fingerprint density at radius 3 is 2.90 bits per heavy atom. The van der Waals surface area contributed by atoms with Crippen LogP contribution >= 0.6 is 11.3 Å². The van der Waals surface area contributed by atoms with Crippen LogP contribution in [0.15, 0.2) is 41.5 Å². The van der Waals surface area contributed by atoms with E-state index in [0.717, 1.165) is 55.5 Å². The van der Waals surface area contributed by atoms with Gasteiger partial charge in [0.1, 0.15) is 4.83 Å². The molecule has 0 radical (unpaired) electrons. The van der Waals surface area contributed by atoms with Gasteiger partial charge in [-0.3, -0.25) is 19.1 Å². The van der Waals surface area contributed by atoms with Crippen LogP contribution in [-0.4, -0.2) is 39.5 Å². The summed E-state index contributed by atoms with van der Waals surface area (Å²) in [7, 11) is 0. The molecule has 162 valence electrons. The molecule has 7 heteroatoms. The van der Waals surface area contributed by atoms with Gasteiger partial charge in [0, 0.05) is 43.5 Å². The van der Waals surface area contributed by atoms with Gasteiger partial charge >= 0.3 is 0 Å². The summed E-state index contributed by atoms with van der Waals surface area (Å²) in [6.45, 7) is 3.15. The molecule has 1 aliphatic carbocycles. The SMILES string of the molecule is O=C(CCn1cnc2sc3c(c2c1=O)CCCC3)NC1CCN(Cc2ccccc2)C1. The molecule has 5 rings (SSSR count). The number of aromatic nitrogens is 2. The summed E-state index contributed by atoms with van der Waals surface area (Å²) in [6.07, 6.45) is 7.23. The van der Waals surface area contributed by atoms with Crippen LogP contribution in [0.1, 0.15) is 41.7 Å². The Morgan fingerprint density at radius 2 is 2.03 bits per heavy atom. The standard InChI is InChI=1S/C24H28N4O2S/c29-21(26-18-10-12-27(15-18)14-17-6-2-1-3-7-17)11-13-28-16-25-23-22(24(28)30)19-8-4-5-9-20(19)31-23/h1-3,6-7,16,18H,4-5,8-15H2,(H,26,29). The lowest BCUT2D eigenvalue weighted by atomic mass is 9.97. The summed E-state index contributed by atoms with van der Waals surface area (Å²) < 4.78 is 1.61. The van der Waals surface area contributed by atoms with Gasteiger partial charge in [-0.2, -0.15) is 0 Å². The molecule has 1 fully saturated rings. The van der Waals surface area contributed by atoms with E-state index in [9.17, 15) is 9.59 Å². The second kappa shape index (κ2) is 8.93. The van der Waals surface area contributed by atoms with Crippen molar-refractivity contribution >= 4 is 27.5 Å². The van der Waals surface area contributed by atoms with E-state index >= 15 is 0 Å². The fraction of sp³-hybridized carbons (Fsp3) is 0.458. The van der Waals surface area contributed by atoms with Gasteiger partial charge in [0.25, 0.3) is 5.56 Å². The fourth-order valence-electron chi connectivity index (χ4n) is 4.80. The van der Waals surface area contributed by atoms with Gasteiger partial charge in [-0.25, -0.2) is 4.98 Å². The zero-order valence-corrected chi connectivity index (χ0v) is 18.5. The number of hydrogen-bond acceptors (Lipinski definition) is 5. The Morgan fingerprint density at radius 1 is 1.19 bits per heavy atom. The molecular formula is C24H28N4O2S. The summed E-state index contributed by atoms with van der Waals surface area (Å²) >= 11 is 1.66. The molecular weight excluding hydrogens is 408 g/mol. The Labute approximate surface area is 185 Å². The molecule has 1 aromatic carbocycles. The van der Waals surface area contributed by atoms with Crippen molar-refractivity contribution in [3.05, 3.63) is 63.0 Å². The number of carbonyl (C=O) groups excluding carboxylic acids is 1. The monoisotopic (exact) mass is 436 g/mol. The van der Waals surface area contributed by atoms with Crippen molar-refractivity contribution in [2.24, 2.45) is 0 Å². The van der Waals surface area contributed by atoms with E-state index in [1.165, 1.54) is 22.4 Å². The Balaban J connectivity index is 1.17. The van der Waals surface area contributed by atoms with Crippen LogP contribution in [0.3, 0.4) is 0 Å². The minimum absolute atomic E-state index is 0.00547. The molecule has 1 saturated heterocycles. The average Bonchev–Trinajstić information content (AvgIpc) is 3.38. The van der Waals surface area contributed by atoms with Crippen molar-refractivity contribution in [3.63, 3.8) is 0 Å². The summed E-state index contributed by atoms with van der Waals surface area (Å²) in [5.74, 6) is 0.00547. The average molecular weight is 437 g/mol. The van der Waals surface area contributed by atoms with Gasteiger partial charge in [-0.05, 0) is 43.2 Å². The smallest absolute Gasteiger partial charge is 0.262 e. The van der Waals surface area contributed by atoms with E-state index < -0.39 is 0 Å². The third kappa shape index (κ3) is 4.43. The number of amides is 1. The summed E-state index contributed by atoms with van der Waals surface area (Å²) in [5, 5.41) is 3.94. The predicted molar refractivity (Wildman–Crippen MR) is 123 cm³/mol. The van der Waals surface area contributed by atoms with Crippen molar-refractivity contribution in [1.29, 1.82) is 0 Å². The Hall–Kier alpha value is -2.51. The molecule has 0 saturated carbocycles. The number of carbonyl (C=O) groups is 1. The normalized spacial score (nSPS) is 18.9. The van der Waals surface area contributed by atoms with E-state index in [1.54, 1.807) is 22.2 Å². The number of aryl methyl sites for hydroxylation is 3. The molecule has 1 atom stereocenters. The van der Waals surface area contributed by atoms with E-state index in [0.29, 0.717) is 13.0 Å². The third-order valence-corrected chi connectivity index (χ3v) is 7.61. The highest BCUT2D eigenvalue weighted by molar-refractivity contribution is 7.18. The van der Waals surface area contributed by atoms with Crippen LogP contribution < -0.4 is 10.9 Å². The topological polar surface area (TPSA) is 67.2 Å². The highest BCUT2D eigenvalue weighted by Crippen LogP contribution is 2.33. The zero-order chi connectivity index (χ0) is 21.2. The first-order chi connectivity index (χ1) is 15.2. The van der Waals surface area contributed by atoms with Crippen molar-refractivity contribution in [1.82, 2.24) is 19.8 Å². The van der Waals surface area contributed by atoms with Crippen LogP contribution in [0.5, 0.6) is 0 Å². The van der Waals surface area contributed by atoms with Gasteiger partial charge < -0.3 is 5.32 Å². The molecule has 0 spiro atoms. The van der Waals surface area contributed by atoms with E-state index in [-0.39, 0.29) is 17.5 Å².